The first-order valence-electron chi connectivity index (χ1n) is 6.96. The third kappa shape index (κ3) is 4.54. The molecule has 0 spiro atoms. The van der Waals surface area contributed by atoms with Gasteiger partial charge in [0.25, 0.3) is 0 Å². The quantitative estimate of drug-likeness (QED) is 0.306. The van der Waals surface area contributed by atoms with E-state index in [4.69, 9.17) is 10.8 Å². The van der Waals surface area contributed by atoms with Gasteiger partial charge in [-0.1, -0.05) is 33.1 Å². The lowest BCUT2D eigenvalue weighted by Gasteiger charge is -2.30. The molecule has 4 nitrogen and oxygen atoms in total. The van der Waals surface area contributed by atoms with Crippen LogP contribution < -0.4 is 16.6 Å². The van der Waals surface area contributed by atoms with Crippen LogP contribution in [0.4, 0.5) is 0 Å². The fourth-order valence-electron chi connectivity index (χ4n) is 2.21. The Bertz CT molecular complexity index is 240. The van der Waals surface area contributed by atoms with Crippen LogP contribution in [-0.4, -0.2) is 17.5 Å². The molecule has 0 aliphatic heterocycles. The summed E-state index contributed by atoms with van der Waals surface area (Å²) in [7, 11) is 0. The molecule has 0 heterocycles. The van der Waals surface area contributed by atoms with E-state index in [1.807, 2.05) is 0 Å². The second-order valence-corrected chi connectivity index (χ2v) is 5.31. The Hall–Kier alpha value is -0.770. The van der Waals surface area contributed by atoms with Crippen molar-refractivity contribution in [3.63, 3.8) is 0 Å². The van der Waals surface area contributed by atoms with E-state index in [2.05, 4.69) is 31.5 Å². The van der Waals surface area contributed by atoms with Crippen LogP contribution in [0, 0.1) is 0 Å². The molecule has 0 bridgehead atoms. The Labute approximate surface area is 105 Å². The third-order valence-electron chi connectivity index (χ3n) is 4.00. The van der Waals surface area contributed by atoms with Gasteiger partial charge in [-0.15, -0.1) is 0 Å². The van der Waals surface area contributed by atoms with Crippen LogP contribution in [0.3, 0.4) is 0 Å². The van der Waals surface area contributed by atoms with E-state index in [1.165, 1.54) is 32.1 Å². The maximum atomic E-state index is 5.56. The zero-order chi connectivity index (χ0) is 12.7. The molecular weight excluding hydrogens is 212 g/mol. The van der Waals surface area contributed by atoms with Crippen LogP contribution in [0.1, 0.15) is 65.7 Å². The molecule has 100 valence electrons. The van der Waals surface area contributed by atoms with Gasteiger partial charge in [0.2, 0.25) is 5.96 Å². The molecule has 1 saturated carbocycles. The van der Waals surface area contributed by atoms with E-state index in [1.54, 1.807) is 0 Å². The van der Waals surface area contributed by atoms with Crippen LogP contribution in [0.25, 0.3) is 0 Å². The van der Waals surface area contributed by atoms with Crippen molar-refractivity contribution in [2.24, 2.45) is 10.8 Å². The average molecular weight is 240 g/mol. The maximum absolute atomic E-state index is 5.56. The standard InChI is InChI=1S/C13H28N4/c1-4-13(3,5-2)16-12(17-14)15-11-9-7-6-8-10-11/h11H,4-10,14H2,1-3H3,(H2,15,16,17). The van der Waals surface area contributed by atoms with Gasteiger partial charge < -0.3 is 5.32 Å². The van der Waals surface area contributed by atoms with Gasteiger partial charge in [-0.2, -0.15) is 0 Å². The maximum Gasteiger partial charge on any atom is 0.206 e. The van der Waals surface area contributed by atoms with E-state index >= 15 is 0 Å². The van der Waals surface area contributed by atoms with Gasteiger partial charge in [-0.25, -0.2) is 10.8 Å². The van der Waals surface area contributed by atoms with Crippen molar-refractivity contribution in [3.8, 4) is 0 Å². The number of hydrogen-bond acceptors (Lipinski definition) is 2. The Morgan fingerprint density at radius 3 is 2.29 bits per heavy atom. The summed E-state index contributed by atoms with van der Waals surface area (Å²) in [5.74, 6) is 6.32. The fraction of sp³-hybridized carbons (Fsp3) is 0.923. The van der Waals surface area contributed by atoms with Crippen molar-refractivity contribution in [1.82, 2.24) is 10.7 Å². The van der Waals surface area contributed by atoms with Gasteiger partial charge >= 0.3 is 0 Å². The van der Waals surface area contributed by atoms with E-state index in [-0.39, 0.29) is 5.54 Å². The molecule has 0 saturated heterocycles. The summed E-state index contributed by atoms with van der Waals surface area (Å²) in [6.45, 7) is 6.58. The highest BCUT2D eigenvalue weighted by molar-refractivity contribution is 5.80. The van der Waals surface area contributed by atoms with Gasteiger partial charge in [0.15, 0.2) is 0 Å². The third-order valence-corrected chi connectivity index (χ3v) is 4.00. The van der Waals surface area contributed by atoms with Crippen molar-refractivity contribution in [3.05, 3.63) is 0 Å². The number of hydrazine groups is 1. The predicted octanol–water partition coefficient (Wildman–Crippen LogP) is 2.31. The largest absolute Gasteiger partial charge is 0.350 e. The molecule has 0 atom stereocenters. The lowest BCUT2D eigenvalue weighted by Crippen LogP contribution is -2.52. The van der Waals surface area contributed by atoms with E-state index in [9.17, 15) is 0 Å². The zero-order valence-electron chi connectivity index (χ0n) is 11.6. The molecule has 0 aromatic heterocycles. The summed E-state index contributed by atoms with van der Waals surface area (Å²) in [6.07, 6.45) is 8.47. The number of nitrogens with zero attached hydrogens (tertiary/aromatic N) is 1. The highest BCUT2D eigenvalue weighted by Crippen LogP contribution is 2.20. The summed E-state index contributed by atoms with van der Waals surface area (Å²) in [4.78, 5) is 4.70. The average Bonchev–Trinajstić information content (AvgIpc) is 2.39. The van der Waals surface area contributed by atoms with Crippen LogP contribution in [-0.2, 0) is 0 Å². The number of guanidine groups is 1. The van der Waals surface area contributed by atoms with E-state index < -0.39 is 0 Å². The second-order valence-electron chi connectivity index (χ2n) is 5.31. The minimum Gasteiger partial charge on any atom is -0.350 e. The van der Waals surface area contributed by atoms with Crippen molar-refractivity contribution < 1.29 is 0 Å². The molecule has 0 amide bonds. The molecular formula is C13H28N4. The predicted molar refractivity (Wildman–Crippen MR) is 73.8 cm³/mol. The van der Waals surface area contributed by atoms with Crippen LogP contribution >= 0.6 is 0 Å². The van der Waals surface area contributed by atoms with Gasteiger partial charge in [0.05, 0.1) is 6.04 Å². The van der Waals surface area contributed by atoms with Gasteiger partial charge in [-0.05, 0) is 32.6 Å². The molecule has 0 unspecified atom stereocenters. The van der Waals surface area contributed by atoms with Crippen molar-refractivity contribution in [2.45, 2.75) is 77.3 Å². The van der Waals surface area contributed by atoms with Gasteiger partial charge in [0, 0.05) is 5.54 Å². The van der Waals surface area contributed by atoms with Gasteiger partial charge in [0.1, 0.15) is 0 Å². The second kappa shape index (κ2) is 6.84. The monoisotopic (exact) mass is 240 g/mol. The minimum atomic E-state index is 0.0832. The first-order valence-corrected chi connectivity index (χ1v) is 6.96. The van der Waals surface area contributed by atoms with Gasteiger partial charge in [-0.3, -0.25) is 5.43 Å². The molecule has 1 rings (SSSR count). The highest BCUT2D eigenvalue weighted by atomic mass is 15.3. The van der Waals surface area contributed by atoms with Crippen LogP contribution in [0.2, 0.25) is 0 Å². The summed E-state index contributed by atoms with van der Waals surface area (Å²) >= 11 is 0. The lowest BCUT2D eigenvalue weighted by molar-refractivity contribution is 0.379. The smallest absolute Gasteiger partial charge is 0.206 e. The summed E-state index contributed by atoms with van der Waals surface area (Å²) in [6, 6.07) is 0.445. The molecule has 4 N–H and O–H groups in total. The van der Waals surface area contributed by atoms with E-state index in [0.29, 0.717) is 6.04 Å². The van der Waals surface area contributed by atoms with Crippen LogP contribution in [0.5, 0.6) is 0 Å². The first kappa shape index (κ1) is 14.3. The molecule has 17 heavy (non-hydrogen) atoms. The molecule has 0 radical (unpaired) electrons. The minimum absolute atomic E-state index is 0.0832. The molecule has 1 aliphatic carbocycles. The Balaban J connectivity index is 2.59. The van der Waals surface area contributed by atoms with E-state index in [0.717, 1.165) is 18.8 Å². The number of nitrogens with two attached hydrogens (primary N) is 1. The molecule has 1 fully saturated rings. The van der Waals surface area contributed by atoms with Crippen molar-refractivity contribution >= 4 is 5.96 Å². The Kier molecular flexibility index (Phi) is 5.75. The number of nitrogens with one attached hydrogen (secondary N) is 2. The topological polar surface area (TPSA) is 62.4 Å². The fourth-order valence-corrected chi connectivity index (χ4v) is 2.21. The number of rotatable bonds is 4. The number of hydrogen-bond donors (Lipinski definition) is 3. The van der Waals surface area contributed by atoms with Crippen molar-refractivity contribution in [1.29, 1.82) is 0 Å². The first-order chi connectivity index (χ1) is 8.13. The SMILES string of the molecule is CCC(C)(CC)NC(=NC1CCCCC1)NN. The highest BCUT2D eigenvalue weighted by Gasteiger charge is 2.21. The Morgan fingerprint density at radius 1 is 1.24 bits per heavy atom. The summed E-state index contributed by atoms with van der Waals surface area (Å²) in [5.41, 5.74) is 2.80. The summed E-state index contributed by atoms with van der Waals surface area (Å²) in [5, 5.41) is 3.44. The molecule has 0 aromatic carbocycles. The molecule has 4 heteroatoms. The molecule has 0 aromatic rings. The van der Waals surface area contributed by atoms with Crippen molar-refractivity contribution in [2.75, 3.05) is 0 Å². The van der Waals surface area contributed by atoms with Crippen LogP contribution in [0.15, 0.2) is 4.99 Å². The zero-order valence-corrected chi connectivity index (χ0v) is 11.6. The number of aliphatic imine (C=N–C) groups is 1. The summed E-state index contributed by atoms with van der Waals surface area (Å²) < 4.78 is 0. The normalized spacial score (nSPS) is 19.2. The molecule has 1 aliphatic rings. The Morgan fingerprint density at radius 2 is 1.82 bits per heavy atom. The lowest BCUT2D eigenvalue weighted by atomic mass is 9.95.